The number of aromatic nitrogens is 3. The first-order valence-electron chi connectivity index (χ1n) is 8.18. The standard InChI is InChI=1S/C18H26N4O/c1-17(2)9-16(18(3,4)23-17)20-10-14-5-7-15(8-6-14)11-22-13-19-12-21-22/h5-8,12-13,16,20H,9-11H2,1-4H3/t16-/m0/s1. The zero-order valence-corrected chi connectivity index (χ0v) is 14.4. The number of hydrogen-bond acceptors (Lipinski definition) is 4. The van der Waals surface area contributed by atoms with Gasteiger partial charge < -0.3 is 10.1 Å². The zero-order chi connectivity index (χ0) is 16.5. The maximum atomic E-state index is 6.14. The van der Waals surface area contributed by atoms with E-state index in [1.807, 2.05) is 4.68 Å². The monoisotopic (exact) mass is 314 g/mol. The van der Waals surface area contributed by atoms with Gasteiger partial charge in [0.05, 0.1) is 17.7 Å². The highest BCUT2D eigenvalue weighted by Crippen LogP contribution is 2.37. The molecule has 23 heavy (non-hydrogen) atoms. The molecule has 1 atom stereocenters. The van der Waals surface area contributed by atoms with E-state index < -0.39 is 0 Å². The number of benzene rings is 1. The average molecular weight is 314 g/mol. The molecule has 0 saturated carbocycles. The van der Waals surface area contributed by atoms with Crippen LogP contribution in [-0.4, -0.2) is 32.0 Å². The lowest BCUT2D eigenvalue weighted by Crippen LogP contribution is -2.42. The van der Waals surface area contributed by atoms with Crippen LogP contribution in [0.2, 0.25) is 0 Å². The van der Waals surface area contributed by atoms with E-state index in [0.717, 1.165) is 19.5 Å². The molecule has 1 saturated heterocycles. The van der Waals surface area contributed by atoms with Gasteiger partial charge in [0.1, 0.15) is 12.7 Å². The first kappa shape index (κ1) is 16.1. The maximum Gasteiger partial charge on any atom is 0.137 e. The van der Waals surface area contributed by atoms with Crippen LogP contribution in [0.15, 0.2) is 36.9 Å². The normalized spacial score (nSPS) is 22.3. The van der Waals surface area contributed by atoms with Gasteiger partial charge in [0.15, 0.2) is 0 Å². The molecule has 5 nitrogen and oxygen atoms in total. The molecule has 1 aliphatic rings. The van der Waals surface area contributed by atoms with Gasteiger partial charge in [0.25, 0.3) is 0 Å². The van der Waals surface area contributed by atoms with E-state index >= 15 is 0 Å². The van der Waals surface area contributed by atoms with Gasteiger partial charge in [0.2, 0.25) is 0 Å². The van der Waals surface area contributed by atoms with E-state index in [1.54, 1.807) is 12.7 Å². The smallest absolute Gasteiger partial charge is 0.137 e. The summed E-state index contributed by atoms with van der Waals surface area (Å²) in [6, 6.07) is 9.02. The second-order valence-electron chi connectivity index (χ2n) is 7.51. The van der Waals surface area contributed by atoms with E-state index in [-0.39, 0.29) is 11.2 Å². The second kappa shape index (κ2) is 6.06. The van der Waals surface area contributed by atoms with Crippen molar-refractivity contribution >= 4 is 0 Å². The molecule has 0 radical (unpaired) electrons. The third kappa shape index (κ3) is 3.98. The highest BCUT2D eigenvalue weighted by molar-refractivity contribution is 5.22. The summed E-state index contributed by atoms with van der Waals surface area (Å²) in [6.45, 7) is 10.3. The molecule has 124 valence electrons. The lowest BCUT2D eigenvalue weighted by atomic mass is 9.94. The van der Waals surface area contributed by atoms with Crippen LogP contribution in [-0.2, 0) is 17.8 Å². The van der Waals surface area contributed by atoms with Crippen LogP contribution in [0, 0.1) is 0 Å². The summed E-state index contributed by atoms with van der Waals surface area (Å²) in [4.78, 5) is 3.96. The Morgan fingerprint density at radius 1 is 1.17 bits per heavy atom. The van der Waals surface area contributed by atoms with Crippen molar-refractivity contribution < 1.29 is 4.74 Å². The van der Waals surface area contributed by atoms with E-state index in [0.29, 0.717) is 6.04 Å². The number of nitrogens with zero attached hydrogens (tertiary/aromatic N) is 3. The maximum absolute atomic E-state index is 6.14. The van der Waals surface area contributed by atoms with Crippen molar-refractivity contribution in [1.29, 1.82) is 0 Å². The van der Waals surface area contributed by atoms with Gasteiger partial charge in [0, 0.05) is 12.6 Å². The highest BCUT2D eigenvalue weighted by atomic mass is 16.5. The van der Waals surface area contributed by atoms with Gasteiger partial charge in [-0.05, 0) is 45.2 Å². The second-order valence-corrected chi connectivity index (χ2v) is 7.51. The molecule has 5 heteroatoms. The molecule has 0 amide bonds. The largest absolute Gasteiger partial charge is 0.368 e. The Morgan fingerprint density at radius 3 is 2.43 bits per heavy atom. The molecule has 3 rings (SSSR count). The van der Waals surface area contributed by atoms with Gasteiger partial charge in [-0.1, -0.05) is 24.3 Å². The fourth-order valence-electron chi connectivity index (χ4n) is 3.39. The molecule has 0 unspecified atom stereocenters. The van der Waals surface area contributed by atoms with Crippen LogP contribution in [0.25, 0.3) is 0 Å². The van der Waals surface area contributed by atoms with Gasteiger partial charge >= 0.3 is 0 Å². The lowest BCUT2D eigenvalue weighted by molar-refractivity contribution is -0.0699. The van der Waals surface area contributed by atoms with Crippen molar-refractivity contribution in [3.63, 3.8) is 0 Å². The fourth-order valence-corrected chi connectivity index (χ4v) is 3.39. The quantitative estimate of drug-likeness (QED) is 0.922. The SMILES string of the molecule is CC1(C)C[C@H](NCc2ccc(Cn3cncn3)cc2)C(C)(C)O1. The van der Waals surface area contributed by atoms with E-state index in [1.165, 1.54) is 11.1 Å². The van der Waals surface area contributed by atoms with Crippen LogP contribution in [0.1, 0.15) is 45.2 Å². The van der Waals surface area contributed by atoms with Gasteiger partial charge in [-0.3, -0.25) is 0 Å². The van der Waals surface area contributed by atoms with Crippen molar-refractivity contribution in [1.82, 2.24) is 20.1 Å². The topological polar surface area (TPSA) is 52.0 Å². The summed E-state index contributed by atoms with van der Waals surface area (Å²) >= 11 is 0. The van der Waals surface area contributed by atoms with Crippen LogP contribution in [0.4, 0.5) is 0 Å². The fraction of sp³-hybridized carbons (Fsp3) is 0.556. The van der Waals surface area contributed by atoms with Crippen LogP contribution >= 0.6 is 0 Å². The summed E-state index contributed by atoms with van der Waals surface area (Å²) in [5.74, 6) is 0. The summed E-state index contributed by atoms with van der Waals surface area (Å²) in [5.41, 5.74) is 2.33. The first-order chi connectivity index (χ1) is 10.8. The minimum absolute atomic E-state index is 0.0528. The van der Waals surface area contributed by atoms with Crippen LogP contribution < -0.4 is 5.32 Å². The Hall–Kier alpha value is -1.72. The molecular weight excluding hydrogens is 288 g/mol. The van der Waals surface area contributed by atoms with Crippen molar-refractivity contribution in [2.24, 2.45) is 0 Å². The first-order valence-corrected chi connectivity index (χ1v) is 8.18. The predicted molar refractivity (Wildman–Crippen MR) is 90.1 cm³/mol. The molecular formula is C18H26N4O. The highest BCUT2D eigenvalue weighted by Gasteiger charge is 2.45. The molecule has 0 spiro atoms. The molecule has 2 aromatic rings. The predicted octanol–water partition coefficient (Wildman–Crippen LogP) is 2.76. The molecule has 1 fully saturated rings. The van der Waals surface area contributed by atoms with E-state index in [2.05, 4.69) is 67.4 Å². The Labute approximate surface area is 138 Å². The number of hydrogen-bond donors (Lipinski definition) is 1. The molecule has 1 aliphatic heterocycles. The molecule has 0 bridgehead atoms. The van der Waals surface area contributed by atoms with Crippen molar-refractivity contribution in [3.05, 3.63) is 48.0 Å². The third-order valence-corrected chi connectivity index (χ3v) is 4.46. The molecule has 1 N–H and O–H groups in total. The lowest BCUT2D eigenvalue weighted by Gasteiger charge is -2.28. The van der Waals surface area contributed by atoms with Gasteiger partial charge in [-0.15, -0.1) is 0 Å². The average Bonchev–Trinajstić information content (AvgIpc) is 3.03. The zero-order valence-electron chi connectivity index (χ0n) is 14.4. The van der Waals surface area contributed by atoms with Crippen LogP contribution in [0.3, 0.4) is 0 Å². The Balaban J connectivity index is 1.57. The number of ether oxygens (including phenoxy) is 1. The van der Waals surface area contributed by atoms with Gasteiger partial charge in [-0.2, -0.15) is 5.10 Å². The Morgan fingerprint density at radius 2 is 1.87 bits per heavy atom. The summed E-state index contributed by atoms with van der Waals surface area (Å²) in [5, 5.41) is 7.79. The minimum atomic E-state index is -0.128. The Bertz CT molecular complexity index is 632. The summed E-state index contributed by atoms with van der Waals surface area (Å²) in [6.07, 6.45) is 4.33. The van der Waals surface area contributed by atoms with Crippen molar-refractivity contribution in [3.8, 4) is 0 Å². The summed E-state index contributed by atoms with van der Waals surface area (Å²) < 4.78 is 7.96. The Kier molecular flexibility index (Phi) is 4.25. The number of rotatable bonds is 5. The molecule has 1 aromatic carbocycles. The van der Waals surface area contributed by atoms with Crippen LogP contribution in [0.5, 0.6) is 0 Å². The van der Waals surface area contributed by atoms with Crippen molar-refractivity contribution in [2.45, 2.75) is 64.4 Å². The van der Waals surface area contributed by atoms with Crippen molar-refractivity contribution in [2.75, 3.05) is 0 Å². The molecule has 1 aromatic heterocycles. The van der Waals surface area contributed by atoms with E-state index in [4.69, 9.17) is 4.74 Å². The number of nitrogens with one attached hydrogen (secondary N) is 1. The molecule has 0 aliphatic carbocycles. The van der Waals surface area contributed by atoms with Gasteiger partial charge in [-0.25, -0.2) is 9.67 Å². The summed E-state index contributed by atoms with van der Waals surface area (Å²) in [7, 11) is 0. The van der Waals surface area contributed by atoms with E-state index in [9.17, 15) is 0 Å². The minimum Gasteiger partial charge on any atom is -0.368 e. The third-order valence-electron chi connectivity index (χ3n) is 4.46. The molecule has 2 heterocycles.